The van der Waals surface area contributed by atoms with Crippen molar-refractivity contribution < 1.29 is 14.3 Å². The molecule has 0 aromatic heterocycles. The first-order chi connectivity index (χ1) is 8.71. The summed E-state index contributed by atoms with van der Waals surface area (Å²) < 4.78 is 10.3. The molecule has 6 heteroatoms. The van der Waals surface area contributed by atoms with Crippen LogP contribution < -0.4 is 0 Å². The van der Waals surface area contributed by atoms with Crippen LogP contribution in [0.4, 0.5) is 0 Å². The molecule has 0 aromatic rings. The Morgan fingerprint density at radius 3 is 2.67 bits per heavy atom. The van der Waals surface area contributed by atoms with Gasteiger partial charge >= 0.3 is 0 Å². The molecule has 2 fully saturated rings. The van der Waals surface area contributed by atoms with E-state index >= 15 is 0 Å². The first-order valence-corrected chi connectivity index (χ1v) is 7.38. The maximum atomic E-state index is 12.2. The van der Waals surface area contributed by atoms with E-state index in [0.29, 0.717) is 32.9 Å². The second kappa shape index (κ2) is 5.91. The van der Waals surface area contributed by atoms with Crippen LogP contribution in [-0.2, 0) is 14.3 Å². The van der Waals surface area contributed by atoms with E-state index in [9.17, 15) is 10.1 Å². The Morgan fingerprint density at radius 1 is 1.44 bits per heavy atom. The fourth-order valence-corrected chi connectivity index (χ4v) is 2.97. The largest absolute Gasteiger partial charge is 0.376 e. The van der Waals surface area contributed by atoms with Gasteiger partial charge in [-0.05, 0) is 19.1 Å². The highest BCUT2D eigenvalue weighted by molar-refractivity contribution is 8.00. The van der Waals surface area contributed by atoms with Crippen molar-refractivity contribution in [2.75, 3.05) is 39.2 Å². The van der Waals surface area contributed by atoms with Gasteiger partial charge in [0.15, 0.2) is 6.10 Å². The topological polar surface area (TPSA) is 62.6 Å². The van der Waals surface area contributed by atoms with Gasteiger partial charge in [-0.1, -0.05) is 0 Å². The van der Waals surface area contributed by atoms with Gasteiger partial charge in [0.05, 0.1) is 25.9 Å². The number of nitrogens with zero attached hydrogens (tertiary/aromatic N) is 2. The lowest BCUT2D eigenvalue weighted by Crippen LogP contribution is -2.50. The molecule has 1 atom stereocenters. The lowest BCUT2D eigenvalue weighted by Gasteiger charge is -2.38. The van der Waals surface area contributed by atoms with Crippen LogP contribution in [0, 0.1) is 11.3 Å². The maximum absolute atomic E-state index is 12.2. The number of nitriles is 1. The van der Waals surface area contributed by atoms with E-state index in [1.165, 1.54) is 0 Å². The third-order valence-corrected chi connectivity index (χ3v) is 4.85. The molecule has 2 rings (SSSR count). The predicted octanol–water partition coefficient (Wildman–Crippen LogP) is 0.650. The van der Waals surface area contributed by atoms with Crippen molar-refractivity contribution in [1.29, 1.82) is 5.26 Å². The molecule has 0 radical (unpaired) electrons. The van der Waals surface area contributed by atoms with E-state index in [0.717, 1.165) is 12.8 Å². The van der Waals surface area contributed by atoms with E-state index in [2.05, 4.69) is 6.07 Å². The average Bonchev–Trinajstić information content (AvgIpc) is 2.47. The Kier molecular flexibility index (Phi) is 4.49. The van der Waals surface area contributed by atoms with Crippen molar-refractivity contribution in [1.82, 2.24) is 4.90 Å². The van der Waals surface area contributed by atoms with E-state index in [1.54, 1.807) is 16.7 Å². The van der Waals surface area contributed by atoms with Crippen LogP contribution >= 0.6 is 11.8 Å². The van der Waals surface area contributed by atoms with Crippen molar-refractivity contribution in [3.05, 3.63) is 0 Å². The minimum Gasteiger partial charge on any atom is -0.376 e. The number of carbonyl (C=O) groups is 1. The molecular formula is C12H18N2O3S. The van der Waals surface area contributed by atoms with Gasteiger partial charge in [0.2, 0.25) is 0 Å². The number of hydrogen-bond acceptors (Lipinski definition) is 5. The second-order valence-corrected chi connectivity index (χ2v) is 5.76. The Bertz CT molecular complexity index is 342. The first-order valence-electron chi connectivity index (χ1n) is 6.15. The molecule has 0 aliphatic carbocycles. The zero-order valence-corrected chi connectivity index (χ0v) is 11.4. The van der Waals surface area contributed by atoms with E-state index in [-0.39, 0.29) is 10.7 Å². The molecule has 5 nitrogen and oxygen atoms in total. The van der Waals surface area contributed by atoms with Gasteiger partial charge in [-0.3, -0.25) is 4.79 Å². The van der Waals surface area contributed by atoms with Crippen LogP contribution in [0.5, 0.6) is 0 Å². The molecule has 2 heterocycles. The quantitative estimate of drug-likeness (QED) is 0.737. The fraction of sp³-hybridized carbons (Fsp3) is 0.833. The van der Waals surface area contributed by atoms with Crippen LogP contribution in [0.1, 0.15) is 12.8 Å². The Labute approximate surface area is 111 Å². The van der Waals surface area contributed by atoms with Gasteiger partial charge in [0.25, 0.3) is 5.91 Å². The number of rotatable bonds is 2. The van der Waals surface area contributed by atoms with Crippen LogP contribution in [-0.4, -0.2) is 60.8 Å². The number of thioether (sulfide) groups is 1. The Morgan fingerprint density at radius 2 is 2.17 bits per heavy atom. The molecule has 100 valence electrons. The Balaban J connectivity index is 1.89. The number of hydrogen-bond donors (Lipinski definition) is 0. The number of ether oxygens (including phenoxy) is 2. The van der Waals surface area contributed by atoms with E-state index < -0.39 is 6.10 Å². The second-order valence-electron chi connectivity index (χ2n) is 4.57. The predicted molar refractivity (Wildman–Crippen MR) is 68.2 cm³/mol. The molecule has 18 heavy (non-hydrogen) atoms. The maximum Gasteiger partial charge on any atom is 0.254 e. The SMILES string of the molecule is CSC1(C#N)CCN(C(=O)C2COCCO2)CC1. The smallest absolute Gasteiger partial charge is 0.254 e. The van der Waals surface area contributed by atoms with Gasteiger partial charge in [-0.25, -0.2) is 0 Å². The van der Waals surface area contributed by atoms with Crippen molar-refractivity contribution >= 4 is 17.7 Å². The summed E-state index contributed by atoms with van der Waals surface area (Å²) in [6.07, 6.45) is 2.95. The van der Waals surface area contributed by atoms with Crippen LogP contribution in [0.25, 0.3) is 0 Å². The molecule has 2 saturated heterocycles. The van der Waals surface area contributed by atoms with Crippen LogP contribution in [0.3, 0.4) is 0 Å². The average molecular weight is 270 g/mol. The van der Waals surface area contributed by atoms with Crippen molar-refractivity contribution in [2.45, 2.75) is 23.7 Å². The molecule has 0 bridgehead atoms. The normalized spacial score (nSPS) is 27.6. The molecule has 0 aromatic carbocycles. The lowest BCUT2D eigenvalue weighted by atomic mass is 9.97. The van der Waals surface area contributed by atoms with E-state index in [1.807, 2.05) is 6.26 Å². The highest BCUT2D eigenvalue weighted by atomic mass is 32.2. The summed E-state index contributed by atoms with van der Waals surface area (Å²) in [5.74, 6) is 0.00217. The van der Waals surface area contributed by atoms with Crippen molar-refractivity contribution in [3.63, 3.8) is 0 Å². The summed E-state index contributed by atoms with van der Waals surface area (Å²) in [4.78, 5) is 14.0. The zero-order chi connectivity index (χ0) is 13.0. The third kappa shape index (κ3) is 2.79. The monoisotopic (exact) mass is 270 g/mol. The molecular weight excluding hydrogens is 252 g/mol. The lowest BCUT2D eigenvalue weighted by molar-refractivity contribution is -0.158. The number of carbonyl (C=O) groups excluding carboxylic acids is 1. The van der Waals surface area contributed by atoms with Gasteiger partial charge in [0, 0.05) is 13.1 Å². The molecule has 2 aliphatic rings. The van der Waals surface area contributed by atoms with Gasteiger partial charge in [-0.2, -0.15) is 5.26 Å². The summed E-state index contributed by atoms with van der Waals surface area (Å²) >= 11 is 1.59. The van der Waals surface area contributed by atoms with E-state index in [4.69, 9.17) is 9.47 Å². The summed E-state index contributed by atoms with van der Waals surface area (Å²) in [6, 6.07) is 2.38. The molecule has 0 N–H and O–H groups in total. The summed E-state index contributed by atoms with van der Waals surface area (Å²) in [5.41, 5.74) is 0. The molecule has 2 aliphatic heterocycles. The summed E-state index contributed by atoms with van der Waals surface area (Å²) in [6.45, 7) is 2.66. The Hall–Kier alpha value is -0.770. The highest BCUT2D eigenvalue weighted by Crippen LogP contribution is 2.34. The van der Waals surface area contributed by atoms with Crippen LogP contribution in [0.15, 0.2) is 0 Å². The summed E-state index contributed by atoms with van der Waals surface area (Å²) in [7, 11) is 0. The fourth-order valence-electron chi connectivity index (χ4n) is 2.28. The van der Waals surface area contributed by atoms with Gasteiger partial charge in [-0.15, -0.1) is 11.8 Å². The van der Waals surface area contributed by atoms with Gasteiger partial charge in [0.1, 0.15) is 4.75 Å². The minimum atomic E-state index is -0.456. The molecule has 1 unspecified atom stereocenters. The third-order valence-electron chi connectivity index (χ3n) is 3.57. The standard InChI is InChI=1S/C12H18N2O3S/c1-18-12(9-13)2-4-14(5-3-12)11(15)10-8-16-6-7-17-10/h10H,2-8H2,1H3. The highest BCUT2D eigenvalue weighted by Gasteiger charge is 2.37. The number of piperidine rings is 1. The first kappa shape index (κ1) is 13.7. The number of amides is 1. The van der Waals surface area contributed by atoms with Crippen molar-refractivity contribution in [2.24, 2.45) is 0 Å². The van der Waals surface area contributed by atoms with Crippen molar-refractivity contribution in [3.8, 4) is 6.07 Å². The molecule has 1 amide bonds. The van der Waals surface area contributed by atoms with Crippen LogP contribution in [0.2, 0.25) is 0 Å². The molecule has 0 saturated carbocycles. The summed E-state index contributed by atoms with van der Waals surface area (Å²) in [5, 5.41) is 9.20. The minimum absolute atomic E-state index is 0.00217. The zero-order valence-electron chi connectivity index (χ0n) is 10.6. The number of likely N-dealkylation sites (tertiary alicyclic amines) is 1. The molecule has 0 spiro atoms. The van der Waals surface area contributed by atoms with Gasteiger partial charge < -0.3 is 14.4 Å².